The second-order valence-electron chi connectivity index (χ2n) is 1.67. The molecule has 0 bridgehead atoms. The summed E-state index contributed by atoms with van der Waals surface area (Å²) in [6, 6.07) is 0. The average molecular weight is 271 g/mol. The average Bonchev–Trinajstić information content (AvgIpc) is 1.62. The summed E-state index contributed by atoms with van der Waals surface area (Å²) in [4.78, 5) is 18.9. The van der Waals surface area contributed by atoms with Crippen LogP contribution >= 0.6 is 0 Å². The summed E-state index contributed by atoms with van der Waals surface area (Å²) in [6.07, 6.45) is -0.806. The number of aliphatic carboxylic acids is 2. The van der Waals surface area contributed by atoms with Gasteiger partial charge in [0.25, 0.3) is 0 Å². The topological polar surface area (TPSA) is 74.6 Å². The van der Waals surface area contributed by atoms with Crippen molar-refractivity contribution in [3.8, 4) is 0 Å². The molecular weight excluding hydrogens is 261 g/mol. The zero-order valence-corrected chi connectivity index (χ0v) is 10.6. The van der Waals surface area contributed by atoms with Crippen LogP contribution in [0.1, 0.15) is 6.42 Å². The Balaban J connectivity index is 0. The van der Waals surface area contributed by atoms with Crippen molar-refractivity contribution >= 4 is 56.1 Å². The van der Waals surface area contributed by atoms with Gasteiger partial charge in [0, 0.05) is 0 Å². The minimum atomic E-state index is -1.31. The molecule has 0 heterocycles. The third kappa shape index (κ3) is 23.6. The van der Waals surface area contributed by atoms with Crippen molar-refractivity contribution in [1.29, 1.82) is 0 Å². The van der Waals surface area contributed by atoms with E-state index in [2.05, 4.69) is 2.78 Å². The van der Waals surface area contributed by atoms with E-state index in [1.54, 1.807) is 0 Å². The fourth-order valence-electron chi connectivity index (χ4n) is 0.129. The maximum absolute atomic E-state index is 9.43. The Morgan fingerprint density at radius 1 is 1.20 bits per heavy atom. The number of hydrogen-bond acceptors (Lipinski definition) is 2. The van der Waals surface area contributed by atoms with Crippen molar-refractivity contribution in [2.75, 3.05) is 0 Å². The van der Waals surface area contributed by atoms with Gasteiger partial charge in [0.05, 0.1) is 0 Å². The quantitative estimate of drug-likeness (QED) is 0.561. The van der Waals surface area contributed by atoms with Gasteiger partial charge in [-0.2, -0.15) is 0 Å². The van der Waals surface area contributed by atoms with E-state index < -0.39 is 18.4 Å². The molecule has 0 aromatic rings. The predicted octanol–water partition coefficient (Wildman–Crippen LogP) is 0.332. The molecule has 4 nitrogen and oxygen atoms in total. The molecule has 0 aliphatic carbocycles. The van der Waals surface area contributed by atoms with E-state index in [1.807, 2.05) is 0 Å². The van der Waals surface area contributed by atoms with Gasteiger partial charge < -0.3 is 10.2 Å². The van der Waals surface area contributed by atoms with Gasteiger partial charge in [-0.05, 0) is 0 Å². The van der Waals surface area contributed by atoms with Crippen LogP contribution in [0.4, 0.5) is 0 Å². The summed E-state index contributed by atoms with van der Waals surface area (Å²) in [5.41, 5.74) is 0. The molecule has 2 N–H and O–H groups in total. The van der Waals surface area contributed by atoms with Gasteiger partial charge in [-0.1, -0.05) is 0 Å². The fourth-order valence-corrected chi connectivity index (χ4v) is 0.129. The Labute approximate surface area is 83.9 Å². The van der Waals surface area contributed by atoms with Crippen molar-refractivity contribution in [2.24, 2.45) is 0 Å². The number of carbonyl (C=O) groups is 2. The number of hydrogen-bond donors (Lipinski definition) is 2. The van der Waals surface area contributed by atoms with Gasteiger partial charge in [0.1, 0.15) is 6.42 Å². The van der Waals surface area contributed by atoms with Crippen molar-refractivity contribution in [3.63, 3.8) is 0 Å². The summed E-state index contributed by atoms with van der Waals surface area (Å²) in [6.45, 7) is 0. The molecule has 0 aromatic carbocycles. The van der Waals surface area contributed by atoms with Crippen LogP contribution in [-0.2, 0) is 9.59 Å². The summed E-state index contributed by atoms with van der Waals surface area (Å²) in [5.74, 6) is -2.62. The monoisotopic (exact) mass is 272 g/mol. The summed E-state index contributed by atoms with van der Waals surface area (Å²) < 4.78 is 4.69. The van der Waals surface area contributed by atoms with E-state index in [0.29, 0.717) is 0 Å². The summed E-state index contributed by atoms with van der Waals surface area (Å²) in [7, 11) is 0. The van der Waals surface area contributed by atoms with Gasteiger partial charge in [0.15, 0.2) is 0 Å². The van der Waals surface area contributed by atoms with Crippen LogP contribution in [0.15, 0.2) is 0 Å². The van der Waals surface area contributed by atoms with Crippen LogP contribution in [0.25, 0.3) is 0 Å². The standard InChI is InChI=1S/C3H4O4.2CH3.Ba/c4-2(5)1-3(6)7;;;/h1H2,(H,4,5)(H,6,7);2*1H3;. The number of rotatable bonds is 2. The Hall–Kier alpha value is 0.511. The Bertz CT molecular complexity index is 100. The number of carboxylic acid groups (broad SMARTS) is 2. The molecule has 0 aliphatic rings. The van der Waals surface area contributed by atoms with Crippen molar-refractivity contribution in [2.45, 2.75) is 9.20 Å². The number of carboxylic acids is 2. The first kappa shape index (κ1) is 13.1. The summed E-state index contributed by atoms with van der Waals surface area (Å²) >= 11 is -0.0833. The van der Waals surface area contributed by atoms with Crippen LogP contribution in [-0.4, -0.2) is 66.3 Å². The van der Waals surface area contributed by atoms with Crippen molar-refractivity contribution in [1.82, 2.24) is 0 Å². The second-order valence-corrected chi connectivity index (χ2v) is 6.11. The molecule has 0 aliphatic heterocycles. The first-order chi connectivity index (χ1) is 4.54. The SMILES string of the molecule is O=C(O)CC(=O)O.[CH3][Ba][CH3]. The molecule has 5 heteroatoms. The third-order valence-electron chi connectivity index (χ3n) is 0.302. The van der Waals surface area contributed by atoms with E-state index in [-0.39, 0.29) is 44.2 Å². The molecule has 0 spiro atoms. The van der Waals surface area contributed by atoms with Crippen molar-refractivity contribution in [3.05, 3.63) is 0 Å². The zero-order chi connectivity index (χ0) is 8.57. The van der Waals surface area contributed by atoms with Crippen LogP contribution in [0.3, 0.4) is 0 Å². The Morgan fingerprint density at radius 3 is 1.40 bits per heavy atom. The van der Waals surface area contributed by atoms with Gasteiger partial charge in [-0.15, -0.1) is 0 Å². The van der Waals surface area contributed by atoms with Gasteiger partial charge >= 0.3 is 58.9 Å². The van der Waals surface area contributed by atoms with E-state index in [0.717, 1.165) is 0 Å². The molecule has 0 saturated heterocycles. The van der Waals surface area contributed by atoms with E-state index in [4.69, 9.17) is 10.2 Å². The van der Waals surface area contributed by atoms with E-state index >= 15 is 0 Å². The van der Waals surface area contributed by atoms with Crippen molar-refractivity contribution < 1.29 is 19.8 Å². The van der Waals surface area contributed by atoms with Crippen LogP contribution < -0.4 is 0 Å². The van der Waals surface area contributed by atoms with Gasteiger partial charge in [0.2, 0.25) is 0 Å². The molecule has 0 radical (unpaired) electrons. The maximum atomic E-state index is 9.43. The molecule has 56 valence electrons. The second kappa shape index (κ2) is 9.51. The normalized spacial score (nSPS) is 6.60. The summed E-state index contributed by atoms with van der Waals surface area (Å²) in [5, 5.41) is 15.4. The molecule has 10 heavy (non-hydrogen) atoms. The first-order valence-corrected chi connectivity index (χ1v) is 11.9. The molecule has 0 fully saturated rings. The van der Waals surface area contributed by atoms with Crippen LogP contribution in [0, 0.1) is 0 Å². The molecule has 0 atom stereocenters. The molecule has 0 saturated carbocycles. The molecule has 0 unspecified atom stereocenters. The van der Waals surface area contributed by atoms with Crippen LogP contribution in [0.2, 0.25) is 2.78 Å². The molecule has 0 aromatic heterocycles. The fraction of sp³-hybridized carbons (Fsp3) is 0.600. The molecule has 0 amide bonds. The Kier molecular flexibility index (Phi) is 12.5. The third-order valence-corrected chi connectivity index (χ3v) is 0.302. The Morgan fingerprint density at radius 2 is 1.40 bits per heavy atom. The first-order valence-electron chi connectivity index (χ1n) is 2.98. The van der Waals surface area contributed by atoms with Gasteiger partial charge in [-0.3, -0.25) is 9.59 Å². The zero-order valence-electron chi connectivity index (χ0n) is 6.13. The predicted molar refractivity (Wildman–Crippen MR) is 37.4 cm³/mol. The van der Waals surface area contributed by atoms with E-state index in [9.17, 15) is 9.59 Å². The minimum absolute atomic E-state index is 0.0833. The van der Waals surface area contributed by atoms with Gasteiger partial charge in [-0.25, -0.2) is 0 Å². The van der Waals surface area contributed by atoms with E-state index in [1.165, 1.54) is 0 Å². The molecule has 0 rings (SSSR count). The molecular formula is C5H10BaO4. The van der Waals surface area contributed by atoms with Crippen LogP contribution in [0.5, 0.6) is 0 Å².